The van der Waals surface area contributed by atoms with Crippen molar-refractivity contribution in [2.24, 2.45) is 0 Å². The van der Waals surface area contributed by atoms with E-state index in [4.69, 9.17) is 0 Å². The average molecular weight is 370 g/mol. The molecule has 0 aromatic heterocycles. The highest BCUT2D eigenvalue weighted by atomic mass is 16.2. The largest absolute Gasteiger partial charge is 0.335 e. The molecule has 5 nitrogen and oxygen atoms in total. The van der Waals surface area contributed by atoms with Gasteiger partial charge in [0.05, 0.1) is 5.69 Å². The predicted octanol–water partition coefficient (Wildman–Crippen LogP) is 4.07. The Balaban J connectivity index is 1.83. The maximum atomic E-state index is 13.1. The molecule has 3 aromatic rings. The van der Waals surface area contributed by atoms with Crippen LogP contribution in [0.15, 0.2) is 72.3 Å². The molecule has 1 fully saturated rings. The van der Waals surface area contributed by atoms with E-state index >= 15 is 0 Å². The van der Waals surface area contributed by atoms with Gasteiger partial charge in [-0.25, -0.2) is 9.69 Å². The lowest BCUT2D eigenvalue weighted by Crippen LogP contribution is -2.54. The Labute approximate surface area is 162 Å². The molecule has 0 unspecified atom stereocenters. The van der Waals surface area contributed by atoms with Crippen LogP contribution in [0.5, 0.6) is 0 Å². The molecule has 1 aliphatic rings. The fourth-order valence-corrected chi connectivity index (χ4v) is 3.44. The Morgan fingerprint density at radius 3 is 2.43 bits per heavy atom. The van der Waals surface area contributed by atoms with E-state index in [2.05, 4.69) is 5.32 Å². The third-order valence-corrected chi connectivity index (χ3v) is 4.84. The molecule has 0 aliphatic carbocycles. The lowest BCUT2D eigenvalue weighted by molar-refractivity contribution is -0.122. The molecule has 138 valence electrons. The summed E-state index contributed by atoms with van der Waals surface area (Å²) < 4.78 is 0. The minimum Gasteiger partial charge on any atom is -0.273 e. The van der Waals surface area contributed by atoms with Crippen LogP contribution in [-0.4, -0.2) is 17.8 Å². The molecule has 0 spiro atoms. The number of nitrogens with one attached hydrogen (secondary N) is 1. The van der Waals surface area contributed by atoms with Crippen molar-refractivity contribution in [2.75, 3.05) is 4.90 Å². The summed E-state index contributed by atoms with van der Waals surface area (Å²) in [5.74, 6) is -1.31. The van der Waals surface area contributed by atoms with E-state index < -0.39 is 17.8 Å². The number of barbiturate groups is 1. The summed E-state index contributed by atoms with van der Waals surface area (Å²) in [6, 6.07) is 19.9. The average Bonchev–Trinajstić information content (AvgIpc) is 2.71. The van der Waals surface area contributed by atoms with Crippen molar-refractivity contribution in [3.63, 3.8) is 0 Å². The van der Waals surface area contributed by atoms with Gasteiger partial charge in [0.1, 0.15) is 5.57 Å². The molecule has 0 radical (unpaired) electrons. The van der Waals surface area contributed by atoms with Crippen molar-refractivity contribution in [3.8, 4) is 0 Å². The monoisotopic (exact) mass is 370 g/mol. The Hall–Kier alpha value is -3.73. The first-order chi connectivity index (χ1) is 13.6. The molecular weight excluding hydrogens is 352 g/mol. The molecule has 4 amide bonds. The van der Waals surface area contributed by atoms with Gasteiger partial charge in [0.25, 0.3) is 11.8 Å². The van der Waals surface area contributed by atoms with E-state index in [1.165, 1.54) is 0 Å². The van der Waals surface area contributed by atoms with Crippen LogP contribution in [0.25, 0.3) is 16.8 Å². The first kappa shape index (κ1) is 17.7. The molecule has 4 rings (SSSR count). The maximum Gasteiger partial charge on any atom is 0.335 e. The van der Waals surface area contributed by atoms with Crippen molar-refractivity contribution in [2.45, 2.75) is 13.3 Å². The number of benzene rings is 3. The zero-order valence-corrected chi connectivity index (χ0v) is 15.3. The van der Waals surface area contributed by atoms with Crippen LogP contribution in [0.1, 0.15) is 18.1 Å². The number of carbonyl (C=O) groups is 3. The van der Waals surface area contributed by atoms with Crippen molar-refractivity contribution < 1.29 is 14.4 Å². The van der Waals surface area contributed by atoms with Crippen LogP contribution in [0.2, 0.25) is 0 Å². The summed E-state index contributed by atoms with van der Waals surface area (Å²) in [5.41, 5.74) is 2.02. The molecule has 3 aromatic carbocycles. The fraction of sp³-hybridized carbons (Fsp3) is 0.0870. The third-order valence-electron chi connectivity index (χ3n) is 4.84. The Morgan fingerprint density at radius 1 is 0.893 bits per heavy atom. The third kappa shape index (κ3) is 2.97. The topological polar surface area (TPSA) is 66.5 Å². The number of carbonyl (C=O) groups excluding carboxylic acids is 3. The van der Waals surface area contributed by atoms with Gasteiger partial charge in [-0.15, -0.1) is 0 Å². The number of para-hydroxylation sites is 1. The quantitative estimate of drug-likeness (QED) is 0.558. The minimum atomic E-state index is -0.731. The Kier molecular flexibility index (Phi) is 4.49. The second-order valence-corrected chi connectivity index (χ2v) is 6.51. The van der Waals surface area contributed by atoms with Crippen LogP contribution in [0.4, 0.5) is 10.5 Å². The van der Waals surface area contributed by atoms with Crippen molar-refractivity contribution >= 4 is 40.4 Å². The van der Waals surface area contributed by atoms with Crippen molar-refractivity contribution in [1.29, 1.82) is 0 Å². The molecule has 0 atom stereocenters. The summed E-state index contributed by atoms with van der Waals surface area (Å²) in [5, 5.41) is 4.22. The van der Waals surface area contributed by atoms with Gasteiger partial charge in [-0.2, -0.15) is 0 Å². The molecule has 1 saturated heterocycles. The van der Waals surface area contributed by atoms with Gasteiger partial charge in [0.15, 0.2) is 0 Å². The van der Waals surface area contributed by atoms with Crippen LogP contribution in [0, 0.1) is 0 Å². The Bertz CT molecular complexity index is 1140. The smallest absolute Gasteiger partial charge is 0.273 e. The van der Waals surface area contributed by atoms with Crippen LogP contribution in [0.3, 0.4) is 0 Å². The number of imide groups is 2. The van der Waals surface area contributed by atoms with E-state index in [1.54, 1.807) is 18.2 Å². The second kappa shape index (κ2) is 7.12. The summed E-state index contributed by atoms with van der Waals surface area (Å²) in [6.45, 7) is 1.95. The molecule has 28 heavy (non-hydrogen) atoms. The van der Waals surface area contributed by atoms with Gasteiger partial charge in [-0.3, -0.25) is 14.9 Å². The van der Waals surface area contributed by atoms with E-state index in [0.29, 0.717) is 12.1 Å². The number of urea groups is 1. The second-order valence-electron chi connectivity index (χ2n) is 6.51. The van der Waals surface area contributed by atoms with Gasteiger partial charge in [-0.05, 0) is 40.5 Å². The highest BCUT2D eigenvalue weighted by molar-refractivity contribution is 6.39. The molecule has 0 bridgehead atoms. The van der Waals surface area contributed by atoms with E-state index in [1.807, 2.05) is 61.5 Å². The van der Waals surface area contributed by atoms with Gasteiger partial charge >= 0.3 is 6.03 Å². The molecule has 0 saturated carbocycles. The van der Waals surface area contributed by atoms with Gasteiger partial charge in [0.2, 0.25) is 0 Å². The van der Waals surface area contributed by atoms with Gasteiger partial charge < -0.3 is 0 Å². The fourth-order valence-electron chi connectivity index (χ4n) is 3.44. The summed E-state index contributed by atoms with van der Waals surface area (Å²) in [4.78, 5) is 39.0. The van der Waals surface area contributed by atoms with Crippen LogP contribution in [-0.2, 0) is 16.0 Å². The number of anilines is 1. The van der Waals surface area contributed by atoms with E-state index in [9.17, 15) is 14.4 Å². The first-order valence-corrected chi connectivity index (χ1v) is 9.07. The standard InChI is InChI=1S/C23H18N2O3/c1-2-15-8-4-6-13-20(15)25-22(27)19(21(26)24-23(25)28)14-17-11-7-10-16-9-3-5-12-18(16)17/h3-14H,2H2,1H3,(H,24,26,28)/b19-14+. The van der Waals surface area contributed by atoms with Gasteiger partial charge in [0, 0.05) is 0 Å². The number of amides is 4. The SMILES string of the molecule is CCc1ccccc1N1C(=O)NC(=O)/C(=C\c2cccc3ccccc23)C1=O. The lowest BCUT2D eigenvalue weighted by Gasteiger charge is -2.28. The van der Waals surface area contributed by atoms with Crippen LogP contribution < -0.4 is 10.2 Å². The highest BCUT2D eigenvalue weighted by Gasteiger charge is 2.37. The van der Waals surface area contributed by atoms with E-state index in [0.717, 1.165) is 26.8 Å². The summed E-state index contributed by atoms with van der Waals surface area (Å²) in [6.07, 6.45) is 2.21. The zero-order chi connectivity index (χ0) is 19.7. The number of hydrogen-bond acceptors (Lipinski definition) is 3. The number of rotatable bonds is 3. The maximum absolute atomic E-state index is 13.1. The number of nitrogens with zero attached hydrogens (tertiary/aromatic N) is 1. The summed E-state index contributed by atoms with van der Waals surface area (Å²) in [7, 11) is 0. The normalized spacial score (nSPS) is 16.0. The first-order valence-electron chi connectivity index (χ1n) is 9.07. The number of fused-ring (bicyclic) bond motifs is 1. The molecule has 5 heteroatoms. The molecule has 1 N–H and O–H groups in total. The Morgan fingerprint density at radius 2 is 1.61 bits per heavy atom. The number of aryl methyl sites for hydroxylation is 1. The molecule has 1 aliphatic heterocycles. The van der Waals surface area contributed by atoms with Crippen LogP contribution >= 0.6 is 0 Å². The predicted molar refractivity (Wildman–Crippen MR) is 109 cm³/mol. The van der Waals surface area contributed by atoms with E-state index in [-0.39, 0.29) is 5.57 Å². The molecule has 1 heterocycles. The zero-order valence-electron chi connectivity index (χ0n) is 15.3. The lowest BCUT2D eigenvalue weighted by atomic mass is 10.0. The van der Waals surface area contributed by atoms with Crippen molar-refractivity contribution in [3.05, 3.63) is 83.4 Å². The summed E-state index contributed by atoms with van der Waals surface area (Å²) >= 11 is 0. The molecular formula is C23H18N2O3. The number of hydrogen-bond donors (Lipinski definition) is 1. The minimum absolute atomic E-state index is 0.0677. The van der Waals surface area contributed by atoms with Gasteiger partial charge in [-0.1, -0.05) is 67.6 Å². The van der Waals surface area contributed by atoms with Crippen molar-refractivity contribution in [1.82, 2.24) is 5.32 Å². The highest BCUT2D eigenvalue weighted by Crippen LogP contribution is 2.27.